The Balaban J connectivity index is 1.83. The predicted octanol–water partition coefficient (Wildman–Crippen LogP) is 0.573. The van der Waals surface area contributed by atoms with Gasteiger partial charge in [-0.25, -0.2) is 0 Å². The first kappa shape index (κ1) is 10.6. The molecule has 1 N–H and O–H groups in total. The summed E-state index contributed by atoms with van der Waals surface area (Å²) in [6.07, 6.45) is 3.25. The van der Waals surface area contributed by atoms with E-state index < -0.39 is 0 Å². The average molecular weight is 212 g/mol. The Morgan fingerprint density at radius 1 is 1.47 bits per heavy atom. The van der Waals surface area contributed by atoms with Gasteiger partial charge in [0.1, 0.15) is 0 Å². The SMILES string of the molecule is OCCCc1nc(CC2CCOC2)no1. The minimum Gasteiger partial charge on any atom is -0.396 e. The summed E-state index contributed by atoms with van der Waals surface area (Å²) >= 11 is 0. The number of aliphatic hydroxyl groups excluding tert-OH is 1. The van der Waals surface area contributed by atoms with Crippen LogP contribution in [-0.4, -0.2) is 35.1 Å². The van der Waals surface area contributed by atoms with Gasteiger partial charge in [0.2, 0.25) is 5.89 Å². The zero-order valence-electron chi connectivity index (χ0n) is 8.69. The van der Waals surface area contributed by atoms with Gasteiger partial charge in [0.15, 0.2) is 5.82 Å². The fraction of sp³-hybridized carbons (Fsp3) is 0.800. The molecule has 0 radical (unpaired) electrons. The van der Waals surface area contributed by atoms with Crippen LogP contribution in [0.25, 0.3) is 0 Å². The lowest BCUT2D eigenvalue weighted by Gasteiger charge is -2.00. The second-order valence-electron chi connectivity index (χ2n) is 3.87. The van der Waals surface area contributed by atoms with Crippen LogP contribution in [0.4, 0.5) is 0 Å². The van der Waals surface area contributed by atoms with E-state index in [2.05, 4.69) is 10.1 Å². The summed E-state index contributed by atoms with van der Waals surface area (Å²) in [6.45, 7) is 1.81. The van der Waals surface area contributed by atoms with Crippen molar-refractivity contribution in [2.45, 2.75) is 25.7 Å². The average Bonchev–Trinajstić information content (AvgIpc) is 2.87. The molecule has 0 spiro atoms. The fourth-order valence-electron chi connectivity index (χ4n) is 1.71. The smallest absolute Gasteiger partial charge is 0.226 e. The zero-order chi connectivity index (χ0) is 10.5. The molecule has 1 saturated heterocycles. The first-order valence-electron chi connectivity index (χ1n) is 5.38. The van der Waals surface area contributed by atoms with Crippen molar-refractivity contribution in [3.8, 4) is 0 Å². The molecule has 0 saturated carbocycles. The van der Waals surface area contributed by atoms with E-state index in [-0.39, 0.29) is 6.61 Å². The van der Waals surface area contributed by atoms with Gasteiger partial charge < -0.3 is 14.4 Å². The van der Waals surface area contributed by atoms with Gasteiger partial charge in [0.05, 0.1) is 0 Å². The molecule has 1 aromatic heterocycles. The van der Waals surface area contributed by atoms with Gasteiger partial charge in [-0.2, -0.15) is 4.98 Å². The fourth-order valence-corrected chi connectivity index (χ4v) is 1.71. The Morgan fingerprint density at radius 3 is 3.13 bits per heavy atom. The minimum atomic E-state index is 0.161. The lowest BCUT2D eigenvalue weighted by Crippen LogP contribution is -2.05. The second kappa shape index (κ2) is 5.23. The molecule has 1 aliphatic rings. The van der Waals surface area contributed by atoms with Crippen molar-refractivity contribution in [2.75, 3.05) is 19.8 Å². The first-order chi connectivity index (χ1) is 7.38. The summed E-state index contributed by atoms with van der Waals surface area (Å²) in [5.41, 5.74) is 0. The van der Waals surface area contributed by atoms with Crippen LogP contribution in [0, 0.1) is 5.92 Å². The van der Waals surface area contributed by atoms with E-state index in [4.69, 9.17) is 14.4 Å². The molecule has 2 rings (SSSR count). The number of hydrogen-bond donors (Lipinski definition) is 1. The maximum atomic E-state index is 8.66. The predicted molar refractivity (Wildman–Crippen MR) is 52.3 cm³/mol. The minimum absolute atomic E-state index is 0.161. The van der Waals surface area contributed by atoms with Crippen LogP contribution >= 0.6 is 0 Å². The molecule has 0 amide bonds. The highest BCUT2D eigenvalue weighted by Gasteiger charge is 2.18. The maximum Gasteiger partial charge on any atom is 0.226 e. The topological polar surface area (TPSA) is 68.4 Å². The highest BCUT2D eigenvalue weighted by atomic mass is 16.5. The standard InChI is InChI=1S/C10H16N2O3/c13-4-1-2-10-11-9(12-15-10)6-8-3-5-14-7-8/h8,13H,1-7H2. The zero-order valence-corrected chi connectivity index (χ0v) is 8.69. The van der Waals surface area contributed by atoms with Gasteiger partial charge in [0, 0.05) is 32.7 Å². The number of aryl methyl sites for hydroxylation is 1. The van der Waals surface area contributed by atoms with Crippen LogP contribution in [-0.2, 0) is 17.6 Å². The van der Waals surface area contributed by atoms with Crippen molar-refractivity contribution in [1.29, 1.82) is 0 Å². The van der Waals surface area contributed by atoms with Crippen LogP contribution < -0.4 is 0 Å². The van der Waals surface area contributed by atoms with Crippen molar-refractivity contribution >= 4 is 0 Å². The summed E-state index contributed by atoms with van der Waals surface area (Å²) in [6, 6.07) is 0. The van der Waals surface area contributed by atoms with Gasteiger partial charge >= 0.3 is 0 Å². The quantitative estimate of drug-likeness (QED) is 0.773. The number of hydrogen-bond acceptors (Lipinski definition) is 5. The van der Waals surface area contributed by atoms with Gasteiger partial charge in [-0.05, 0) is 18.8 Å². The van der Waals surface area contributed by atoms with Crippen LogP contribution in [0.3, 0.4) is 0 Å². The number of ether oxygens (including phenoxy) is 1. The summed E-state index contributed by atoms with van der Waals surface area (Å²) in [4.78, 5) is 4.27. The summed E-state index contributed by atoms with van der Waals surface area (Å²) < 4.78 is 10.3. The molecule has 15 heavy (non-hydrogen) atoms. The molecule has 0 bridgehead atoms. The van der Waals surface area contributed by atoms with E-state index in [0.717, 1.165) is 31.9 Å². The molecule has 5 heteroatoms. The molecule has 1 aliphatic heterocycles. The first-order valence-corrected chi connectivity index (χ1v) is 5.38. The molecule has 1 aromatic rings. The van der Waals surface area contributed by atoms with Crippen molar-refractivity contribution in [3.63, 3.8) is 0 Å². The second-order valence-corrected chi connectivity index (χ2v) is 3.87. The van der Waals surface area contributed by atoms with Crippen molar-refractivity contribution in [3.05, 3.63) is 11.7 Å². The molecule has 2 heterocycles. The Labute approximate surface area is 88.4 Å². The van der Waals surface area contributed by atoms with E-state index in [9.17, 15) is 0 Å². The lowest BCUT2D eigenvalue weighted by molar-refractivity contribution is 0.185. The third-order valence-electron chi connectivity index (χ3n) is 2.55. The highest BCUT2D eigenvalue weighted by Crippen LogP contribution is 2.16. The molecule has 0 aromatic carbocycles. The highest BCUT2D eigenvalue weighted by molar-refractivity contribution is 4.89. The van der Waals surface area contributed by atoms with Crippen LogP contribution in [0.15, 0.2) is 4.52 Å². The molecule has 1 unspecified atom stereocenters. The number of rotatable bonds is 5. The maximum absolute atomic E-state index is 8.66. The van der Waals surface area contributed by atoms with Crippen molar-refractivity contribution in [2.24, 2.45) is 5.92 Å². The number of aliphatic hydroxyl groups is 1. The third-order valence-corrected chi connectivity index (χ3v) is 2.55. The number of aromatic nitrogens is 2. The number of nitrogens with zero attached hydrogens (tertiary/aromatic N) is 2. The Hall–Kier alpha value is -0.940. The van der Waals surface area contributed by atoms with E-state index >= 15 is 0 Å². The van der Waals surface area contributed by atoms with E-state index in [1.807, 2.05) is 0 Å². The Kier molecular flexibility index (Phi) is 3.69. The molecule has 1 fully saturated rings. The summed E-state index contributed by atoms with van der Waals surface area (Å²) in [5, 5.41) is 12.6. The molecule has 1 atom stereocenters. The van der Waals surface area contributed by atoms with E-state index in [0.29, 0.717) is 24.7 Å². The monoisotopic (exact) mass is 212 g/mol. The van der Waals surface area contributed by atoms with Crippen LogP contribution in [0.2, 0.25) is 0 Å². The third kappa shape index (κ3) is 3.00. The summed E-state index contributed by atoms with van der Waals surface area (Å²) in [5.74, 6) is 1.92. The lowest BCUT2D eigenvalue weighted by atomic mass is 10.1. The largest absolute Gasteiger partial charge is 0.396 e. The van der Waals surface area contributed by atoms with Crippen LogP contribution in [0.1, 0.15) is 24.6 Å². The molecule has 0 aliphatic carbocycles. The molecule has 5 nitrogen and oxygen atoms in total. The van der Waals surface area contributed by atoms with Crippen molar-refractivity contribution in [1.82, 2.24) is 10.1 Å². The van der Waals surface area contributed by atoms with Crippen molar-refractivity contribution < 1.29 is 14.4 Å². The Morgan fingerprint density at radius 2 is 2.40 bits per heavy atom. The normalized spacial score (nSPS) is 21.0. The van der Waals surface area contributed by atoms with E-state index in [1.54, 1.807) is 0 Å². The molecular weight excluding hydrogens is 196 g/mol. The summed E-state index contributed by atoms with van der Waals surface area (Å²) in [7, 11) is 0. The van der Waals surface area contributed by atoms with Gasteiger partial charge in [0.25, 0.3) is 0 Å². The van der Waals surface area contributed by atoms with Crippen LogP contribution in [0.5, 0.6) is 0 Å². The van der Waals surface area contributed by atoms with E-state index in [1.165, 1.54) is 0 Å². The van der Waals surface area contributed by atoms with Gasteiger partial charge in [-0.1, -0.05) is 5.16 Å². The van der Waals surface area contributed by atoms with Gasteiger partial charge in [-0.15, -0.1) is 0 Å². The molecule has 84 valence electrons. The van der Waals surface area contributed by atoms with Gasteiger partial charge in [-0.3, -0.25) is 0 Å². The molecular formula is C10H16N2O3. The Bertz CT molecular complexity index is 295.